The monoisotopic (exact) mass is 308 g/mol. The van der Waals surface area contributed by atoms with Crippen LogP contribution in [-0.2, 0) is 13.0 Å². The van der Waals surface area contributed by atoms with E-state index in [0.717, 1.165) is 34.8 Å². The van der Waals surface area contributed by atoms with E-state index in [1.807, 2.05) is 11.6 Å². The molecule has 1 aromatic heterocycles. The summed E-state index contributed by atoms with van der Waals surface area (Å²) in [5.74, 6) is 2.71. The van der Waals surface area contributed by atoms with E-state index in [4.69, 9.17) is 11.6 Å². The Labute approximate surface area is 131 Å². The molecule has 4 saturated carbocycles. The summed E-state index contributed by atoms with van der Waals surface area (Å²) in [6.45, 7) is 4.87. The van der Waals surface area contributed by atoms with Crippen LogP contribution < -0.4 is 0 Å². The summed E-state index contributed by atoms with van der Waals surface area (Å²) in [4.78, 5) is 0. The van der Waals surface area contributed by atoms with Crippen molar-refractivity contribution in [2.24, 2.45) is 23.7 Å². The van der Waals surface area contributed by atoms with Gasteiger partial charge in [0.2, 0.25) is 0 Å². The number of aliphatic hydroxyl groups is 1. The van der Waals surface area contributed by atoms with Crippen LogP contribution in [0.5, 0.6) is 0 Å². The lowest BCUT2D eigenvalue weighted by Crippen LogP contribution is -2.58. The van der Waals surface area contributed by atoms with Crippen LogP contribution in [0.15, 0.2) is 0 Å². The number of hydrogen-bond acceptors (Lipinski definition) is 2. The lowest BCUT2D eigenvalue weighted by Gasteiger charge is -2.59. The molecule has 4 fully saturated rings. The normalized spacial score (nSPS) is 41.0. The minimum absolute atomic E-state index is 0.477. The summed E-state index contributed by atoms with van der Waals surface area (Å²) in [5.41, 5.74) is 1.39. The third-order valence-corrected chi connectivity index (χ3v) is 6.95. The van der Waals surface area contributed by atoms with Gasteiger partial charge >= 0.3 is 0 Å². The highest BCUT2D eigenvalue weighted by Crippen LogP contribution is 2.59. The van der Waals surface area contributed by atoms with Gasteiger partial charge in [0.15, 0.2) is 0 Å². The molecule has 4 aliphatic rings. The maximum atomic E-state index is 11.5. The first-order chi connectivity index (χ1) is 10.0. The Hall–Kier alpha value is -0.540. The van der Waals surface area contributed by atoms with E-state index < -0.39 is 5.60 Å². The first-order valence-corrected chi connectivity index (χ1v) is 8.83. The minimum atomic E-state index is -0.545. The fourth-order valence-corrected chi connectivity index (χ4v) is 5.80. The summed E-state index contributed by atoms with van der Waals surface area (Å²) in [6.07, 6.45) is 6.99. The molecule has 3 nitrogen and oxygen atoms in total. The van der Waals surface area contributed by atoms with Crippen molar-refractivity contribution in [1.29, 1.82) is 0 Å². The van der Waals surface area contributed by atoms with Crippen LogP contribution in [0.1, 0.15) is 50.4 Å². The van der Waals surface area contributed by atoms with E-state index in [9.17, 15) is 5.11 Å². The van der Waals surface area contributed by atoms with Crippen molar-refractivity contribution in [3.63, 3.8) is 0 Å². The Morgan fingerprint density at radius 2 is 1.76 bits per heavy atom. The Morgan fingerprint density at radius 1 is 1.19 bits per heavy atom. The number of aromatic nitrogens is 2. The largest absolute Gasteiger partial charge is 0.389 e. The molecule has 4 bridgehead atoms. The van der Waals surface area contributed by atoms with Crippen LogP contribution in [0, 0.1) is 30.6 Å². The molecular weight excluding hydrogens is 284 g/mol. The third-order valence-electron chi connectivity index (χ3n) is 6.46. The van der Waals surface area contributed by atoms with E-state index in [1.54, 1.807) is 0 Å². The smallest absolute Gasteiger partial charge is 0.0848 e. The van der Waals surface area contributed by atoms with Crippen LogP contribution >= 0.6 is 11.6 Å². The van der Waals surface area contributed by atoms with Gasteiger partial charge < -0.3 is 5.11 Å². The van der Waals surface area contributed by atoms with E-state index in [0.29, 0.717) is 18.3 Å². The maximum absolute atomic E-state index is 11.5. The molecule has 5 rings (SSSR count). The van der Waals surface area contributed by atoms with Crippen molar-refractivity contribution < 1.29 is 5.11 Å². The highest BCUT2D eigenvalue weighted by atomic mass is 35.5. The van der Waals surface area contributed by atoms with Crippen molar-refractivity contribution in [1.82, 2.24) is 9.78 Å². The first kappa shape index (κ1) is 14.1. The fourth-order valence-electron chi connectivity index (χ4n) is 5.60. The molecule has 4 aliphatic carbocycles. The summed E-state index contributed by atoms with van der Waals surface area (Å²) >= 11 is 6.47. The van der Waals surface area contributed by atoms with Gasteiger partial charge in [-0.3, -0.25) is 4.68 Å². The molecule has 0 saturated heterocycles. The standard InChI is InChI=1S/C17H25ClN2O/c1-3-20-15(16(18)10(2)19-20)9-17(21)13-5-11-4-12(7-13)8-14(17)6-11/h11-14,21H,3-9H2,1-2H3. The van der Waals surface area contributed by atoms with Gasteiger partial charge in [0.05, 0.1) is 22.0 Å². The molecule has 0 aliphatic heterocycles. The zero-order valence-corrected chi connectivity index (χ0v) is 13.7. The first-order valence-electron chi connectivity index (χ1n) is 8.45. The van der Waals surface area contributed by atoms with Crippen molar-refractivity contribution in [3.05, 3.63) is 16.4 Å². The topological polar surface area (TPSA) is 38.0 Å². The molecule has 116 valence electrons. The van der Waals surface area contributed by atoms with Crippen molar-refractivity contribution >= 4 is 11.6 Å². The lowest BCUT2D eigenvalue weighted by atomic mass is 9.49. The third kappa shape index (κ3) is 2.00. The van der Waals surface area contributed by atoms with Crippen molar-refractivity contribution in [2.45, 2.75) is 64.5 Å². The van der Waals surface area contributed by atoms with Crippen LogP contribution in [0.4, 0.5) is 0 Å². The number of halogens is 1. The van der Waals surface area contributed by atoms with Gasteiger partial charge in [0, 0.05) is 13.0 Å². The second kappa shape index (κ2) is 4.73. The van der Waals surface area contributed by atoms with E-state index in [-0.39, 0.29) is 0 Å². The summed E-state index contributed by atoms with van der Waals surface area (Å²) in [5, 5.41) is 16.8. The van der Waals surface area contributed by atoms with Crippen molar-refractivity contribution in [2.75, 3.05) is 0 Å². The molecule has 1 heterocycles. The molecule has 1 aromatic rings. The van der Waals surface area contributed by atoms with E-state index in [1.165, 1.54) is 32.1 Å². The molecule has 0 amide bonds. The minimum Gasteiger partial charge on any atom is -0.389 e. The van der Waals surface area contributed by atoms with E-state index in [2.05, 4.69) is 12.0 Å². The van der Waals surface area contributed by atoms with Gasteiger partial charge in [0.25, 0.3) is 0 Å². The van der Waals surface area contributed by atoms with Gasteiger partial charge in [-0.2, -0.15) is 5.10 Å². The molecule has 4 heteroatoms. The highest BCUT2D eigenvalue weighted by molar-refractivity contribution is 6.31. The average molecular weight is 309 g/mol. The van der Waals surface area contributed by atoms with Gasteiger partial charge in [-0.1, -0.05) is 11.6 Å². The molecule has 21 heavy (non-hydrogen) atoms. The lowest BCUT2D eigenvalue weighted by molar-refractivity contribution is -0.172. The van der Waals surface area contributed by atoms with Gasteiger partial charge in [-0.15, -0.1) is 0 Å². The summed E-state index contributed by atoms with van der Waals surface area (Å²) < 4.78 is 1.99. The zero-order chi connectivity index (χ0) is 14.8. The Morgan fingerprint density at radius 3 is 2.29 bits per heavy atom. The number of rotatable bonds is 3. The maximum Gasteiger partial charge on any atom is 0.0848 e. The number of aryl methyl sites for hydroxylation is 2. The van der Waals surface area contributed by atoms with Crippen LogP contribution in [-0.4, -0.2) is 20.5 Å². The molecule has 0 radical (unpaired) electrons. The van der Waals surface area contributed by atoms with Crippen LogP contribution in [0.2, 0.25) is 5.02 Å². The van der Waals surface area contributed by atoms with Gasteiger partial charge in [-0.05, 0) is 69.6 Å². The molecule has 0 spiro atoms. The second-order valence-corrected chi connectivity index (χ2v) is 8.01. The Bertz CT molecular complexity index is 537. The molecule has 0 unspecified atom stereocenters. The number of nitrogens with zero attached hydrogens (tertiary/aromatic N) is 2. The van der Waals surface area contributed by atoms with Crippen molar-refractivity contribution in [3.8, 4) is 0 Å². The van der Waals surface area contributed by atoms with Crippen LogP contribution in [0.25, 0.3) is 0 Å². The average Bonchev–Trinajstić information content (AvgIpc) is 2.72. The SMILES string of the molecule is CCn1nc(C)c(Cl)c1CC1(O)C2CC3CC(C2)CC1C3. The zero-order valence-electron chi connectivity index (χ0n) is 13.0. The van der Waals surface area contributed by atoms with Gasteiger partial charge in [0.1, 0.15) is 0 Å². The molecular formula is C17H25ClN2O. The van der Waals surface area contributed by atoms with Gasteiger partial charge in [-0.25, -0.2) is 0 Å². The molecule has 0 aromatic carbocycles. The Kier molecular flexibility index (Phi) is 3.17. The predicted octanol–water partition coefficient (Wildman–Crippen LogP) is 3.59. The fraction of sp³-hybridized carbons (Fsp3) is 0.824. The molecule has 0 atom stereocenters. The quantitative estimate of drug-likeness (QED) is 0.926. The highest BCUT2D eigenvalue weighted by Gasteiger charge is 2.56. The second-order valence-electron chi connectivity index (χ2n) is 7.63. The Balaban J connectivity index is 1.67. The predicted molar refractivity (Wildman–Crippen MR) is 83.3 cm³/mol. The summed E-state index contributed by atoms with van der Waals surface area (Å²) in [7, 11) is 0. The summed E-state index contributed by atoms with van der Waals surface area (Å²) in [6, 6.07) is 0. The number of hydrogen-bond donors (Lipinski definition) is 1. The molecule has 1 N–H and O–H groups in total. The van der Waals surface area contributed by atoms with E-state index >= 15 is 0 Å². The van der Waals surface area contributed by atoms with Crippen LogP contribution in [0.3, 0.4) is 0 Å².